The van der Waals surface area contributed by atoms with Crippen LogP contribution in [0.2, 0.25) is 0 Å². The number of aliphatic carboxylic acids is 1. The van der Waals surface area contributed by atoms with Crippen molar-refractivity contribution in [3.05, 3.63) is 29.8 Å². The molecule has 24 heavy (non-hydrogen) atoms. The van der Waals surface area contributed by atoms with Crippen molar-refractivity contribution in [1.29, 1.82) is 0 Å². The molecule has 0 aliphatic carbocycles. The van der Waals surface area contributed by atoms with Gasteiger partial charge in [-0.1, -0.05) is 54.5 Å². The Balaban J connectivity index is 0.000000640. The van der Waals surface area contributed by atoms with Gasteiger partial charge in [0.15, 0.2) is 0 Å². The molecule has 0 radical (unpaired) electrons. The van der Waals surface area contributed by atoms with Crippen molar-refractivity contribution >= 4 is 39.3 Å². The molecular formula is C16H26N2O4S2. The van der Waals surface area contributed by atoms with Gasteiger partial charge in [0, 0.05) is 17.5 Å². The van der Waals surface area contributed by atoms with Gasteiger partial charge in [0.25, 0.3) is 0 Å². The second-order valence-corrected chi connectivity index (χ2v) is 9.13. The number of carboxylic acids is 1. The summed E-state index contributed by atoms with van der Waals surface area (Å²) in [6.45, 7) is 6.35. The third-order valence-corrected chi connectivity index (χ3v) is 5.03. The van der Waals surface area contributed by atoms with Crippen LogP contribution in [0, 0.1) is 0 Å². The van der Waals surface area contributed by atoms with E-state index in [0.29, 0.717) is 10.4 Å². The number of ether oxygens (including phenoxy) is 1. The number of hydrogen-bond donors (Lipinski definition) is 2. The molecule has 6 nitrogen and oxygen atoms in total. The maximum absolute atomic E-state index is 11.3. The first-order valence-corrected chi connectivity index (χ1v) is 9.77. The van der Waals surface area contributed by atoms with Gasteiger partial charge >= 0.3 is 12.1 Å². The minimum Gasteiger partial charge on any atom is -0.480 e. The van der Waals surface area contributed by atoms with Gasteiger partial charge in [0.05, 0.1) is 0 Å². The van der Waals surface area contributed by atoms with Gasteiger partial charge in [-0.3, -0.25) is 4.79 Å². The molecule has 1 aromatic carbocycles. The summed E-state index contributed by atoms with van der Waals surface area (Å²) in [5.41, 5.74) is 6.92. The number of carboxylic acid groups (broad SMARTS) is 1. The number of nitrogens with zero attached hydrogens (tertiary/aromatic N) is 1. The highest BCUT2D eigenvalue weighted by Crippen LogP contribution is 2.32. The van der Waals surface area contributed by atoms with Crippen molar-refractivity contribution in [3.63, 3.8) is 0 Å². The highest BCUT2D eigenvalue weighted by molar-refractivity contribution is 8.76. The molecule has 0 fully saturated rings. The van der Waals surface area contributed by atoms with Gasteiger partial charge in [-0.2, -0.15) is 0 Å². The first-order valence-electron chi connectivity index (χ1n) is 7.21. The lowest BCUT2D eigenvalue weighted by molar-refractivity contribution is -0.137. The summed E-state index contributed by atoms with van der Waals surface area (Å²) in [7, 11) is 5.09. The number of hydrogen-bond acceptors (Lipinski definition) is 6. The fraction of sp³-hybridized carbons (Fsp3) is 0.500. The Morgan fingerprint density at radius 3 is 2.17 bits per heavy atom. The van der Waals surface area contributed by atoms with Crippen molar-refractivity contribution in [2.24, 2.45) is 0 Å². The Kier molecular flexibility index (Phi) is 10.4. The smallest absolute Gasteiger partial charge is 0.410 e. The number of nitrogen functional groups attached to an aromatic ring is 1. The van der Waals surface area contributed by atoms with Crippen molar-refractivity contribution < 1.29 is 19.4 Å². The number of rotatable bonds is 5. The second kappa shape index (κ2) is 11.1. The van der Waals surface area contributed by atoms with E-state index in [1.54, 1.807) is 24.3 Å². The number of amides is 1. The van der Waals surface area contributed by atoms with Crippen LogP contribution in [0.25, 0.3) is 0 Å². The number of likely N-dealkylation sites (N-methyl/N-ethyl adjacent to an activating group) is 1. The van der Waals surface area contributed by atoms with Crippen LogP contribution in [0.4, 0.5) is 10.5 Å². The summed E-state index contributed by atoms with van der Waals surface area (Å²) in [6, 6.07) is 6.87. The SMILES string of the molecule is CN(CC(=O)O)C(=O)OCc1ccc(N)cc1.CSSC(C)(C)C. The minimum atomic E-state index is -1.09. The van der Waals surface area contributed by atoms with Crippen LogP contribution in [-0.4, -0.2) is 46.7 Å². The van der Waals surface area contributed by atoms with Crippen molar-refractivity contribution in [2.75, 3.05) is 25.6 Å². The van der Waals surface area contributed by atoms with E-state index < -0.39 is 12.1 Å². The summed E-state index contributed by atoms with van der Waals surface area (Å²) in [5.74, 6) is -1.09. The number of carbonyl (C=O) groups excluding carboxylic acids is 1. The zero-order valence-electron chi connectivity index (χ0n) is 14.7. The van der Waals surface area contributed by atoms with Gasteiger partial charge in [-0.05, 0) is 24.0 Å². The Morgan fingerprint density at radius 2 is 1.79 bits per heavy atom. The largest absolute Gasteiger partial charge is 0.480 e. The molecule has 0 aromatic heterocycles. The van der Waals surface area contributed by atoms with E-state index in [4.69, 9.17) is 15.6 Å². The molecule has 0 saturated carbocycles. The first-order chi connectivity index (χ1) is 11.0. The number of nitrogens with two attached hydrogens (primary N) is 1. The van der Waals surface area contributed by atoms with E-state index in [0.717, 1.165) is 10.5 Å². The van der Waals surface area contributed by atoms with E-state index in [9.17, 15) is 9.59 Å². The van der Waals surface area contributed by atoms with Crippen LogP contribution in [-0.2, 0) is 16.1 Å². The summed E-state index contributed by atoms with van der Waals surface area (Å²) in [4.78, 5) is 22.7. The molecule has 0 atom stereocenters. The summed E-state index contributed by atoms with van der Waals surface area (Å²) in [6.07, 6.45) is 1.43. The molecule has 136 valence electrons. The second-order valence-electron chi connectivity index (χ2n) is 5.91. The Bertz CT molecular complexity index is 516. The van der Waals surface area contributed by atoms with Crippen LogP contribution >= 0.6 is 21.6 Å². The van der Waals surface area contributed by atoms with Gasteiger partial charge < -0.3 is 20.5 Å². The number of benzene rings is 1. The van der Waals surface area contributed by atoms with E-state index >= 15 is 0 Å². The zero-order valence-corrected chi connectivity index (χ0v) is 16.4. The molecule has 0 aliphatic heterocycles. The molecule has 1 rings (SSSR count). The summed E-state index contributed by atoms with van der Waals surface area (Å²) >= 11 is 0. The van der Waals surface area contributed by atoms with E-state index in [1.807, 2.05) is 21.6 Å². The molecule has 3 N–H and O–H groups in total. The molecule has 0 saturated heterocycles. The predicted octanol–water partition coefficient (Wildman–Crippen LogP) is 3.72. The Labute approximate surface area is 151 Å². The predicted molar refractivity (Wildman–Crippen MR) is 102 cm³/mol. The van der Waals surface area contributed by atoms with Gasteiger partial charge in [0.1, 0.15) is 13.2 Å². The topological polar surface area (TPSA) is 92.9 Å². The number of carbonyl (C=O) groups is 2. The molecule has 0 bridgehead atoms. The molecule has 1 amide bonds. The molecule has 8 heteroatoms. The monoisotopic (exact) mass is 374 g/mol. The Hall–Kier alpha value is -1.54. The normalized spacial score (nSPS) is 10.4. The van der Waals surface area contributed by atoms with Gasteiger partial charge in [0.2, 0.25) is 0 Å². The van der Waals surface area contributed by atoms with Crippen LogP contribution in [0.5, 0.6) is 0 Å². The lowest BCUT2D eigenvalue weighted by Gasteiger charge is -2.14. The summed E-state index contributed by atoms with van der Waals surface area (Å²) < 4.78 is 5.34. The molecule has 1 aromatic rings. The van der Waals surface area contributed by atoms with Gasteiger partial charge in [-0.25, -0.2) is 4.79 Å². The lowest BCUT2D eigenvalue weighted by atomic mass is 10.2. The molecule has 0 aliphatic rings. The fourth-order valence-electron chi connectivity index (χ4n) is 1.39. The summed E-state index contributed by atoms with van der Waals surface area (Å²) in [5, 5.41) is 8.49. The third-order valence-electron chi connectivity index (χ3n) is 2.36. The third kappa shape index (κ3) is 12.0. The van der Waals surface area contributed by atoms with Crippen LogP contribution in [0.3, 0.4) is 0 Å². The molecule has 0 spiro atoms. The molecule has 0 heterocycles. The quantitative estimate of drug-likeness (QED) is 0.599. The van der Waals surface area contributed by atoms with Crippen molar-refractivity contribution in [3.8, 4) is 0 Å². The standard InChI is InChI=1S/C11H14N2O4.C5H12S2/c1-13(6-10(14)15)11(16)17-7-8-2-4-9(12)5-3-8;1-5(2,3)7-6-4/h2-5H,6-7,12H2,1H3,(H,14,15);1-4H3. The lowest BCUT2D eigenvalue weighted by Crippen LogP contribution is -2.32. The van der Waals surface area contributed by atoms with E-state index in [1.165, 1.54) is 7.05 Å². The average molecular weight is 375 g/mol. The van der Waals surface area contributed by atoms with Crippen LogP contribution in [0.1, 0.15) is 26.3 Å². The first kappa shape index (κ1) is 22.5. The maximum Gasteiger partial charge on any atom is 0.410 e. The fourth-order valence-corrected chi connectivity index (χ4v) is 3.39. The van der Waals surface area contributed by atoms with Crippen LogP contribution < -0.4 is 5.73 Å². The maximum atomic E-state index is 11.3. The highest BCUT2D eigenvalue weighted by Gasteiger charge is 2.13. The molecular weight excluding hydrogens is 348 g/mol. The number of anilines is 1. The molecule has 0 unspecified atom stereocenters. The minimum absolute atomic E-state index is 0.0864. The average Bonchev–Trinajstić information content (AvgIpc) is 2.45. The van der Waals surface area contributed by atoms with E-state index in [-0.39, 0.29) is 13.2 Å². The highest BCUT2D eigenvalue weighted by atomic mass is 33.1. The van der Waals surface area contributed by atoms with Crippen LogP contribution in [0.15, 0.2) is 24.3 Å². The van der Waals surface area contributed by atoms with Crippen molar-refractivity contribution in [1.82, 2.24) is 4.90 Å². The van der Waals surface area contributed by atoms with E-state index in [2.05, 4.69) is 27.0 Å². The Morgan fingerprint density at radius 1 is 1.25 bits per heavy atom. The van der Waals surface area contributed by atoms with Gasteiger partial charge in [-0.15, -0.1) is 0 Å². The van der Waals surface area contributed by atoms with Crippen molar-refractivity contribution in [2.45, 2.75) is 32.1 Å². The zero-order chi connectivity index (χ0) is 18.8.